The van der Waals surface area contributed by atoms with Crippen molar-refractivity contribution in [2.45, 2.75) is 46.6 Å². The van der Waals surface area contributed by atoms with Gasteiger partial charge in [0.1, 0.15) is 0 Å². The van der Waals surface area contributed by atoms with Crippen molar-refractivity contribution < 1.29 is 28.7 Å². The van der Waals surface area contributed by atoms with E-state index in [1.165, 1.54) is 6.92 Å². The lowest BCUT2D eigenvalue weighted by molar-refractivity contribution is -0.151. The second-order valence-corrected chi connectivity index (χ2v) is 8.27. The fourth-order valence-corrected chi connectivity index (χ4v) is 4.09. The minimum Gasteiger partial charge on any atom is -0.462 e. The number of Topliss-reactive ketones (excluding diaryl/α,β-unsaturated/α-hetero) is 1. The van der Waals surface area contributed by atoms with E-state index in [-0.39, 0.29) is 31.2 Å². The molecule has 0 saturated carbocycles. The van der Waals surface area contributed by atoms with Crippen molar-refractivity contribution in [2.75, 3.05) is 19.7 Å². The number of H-pyrrole nitrogens is 1. The Hall–Kier alpha value is -3.42. The van der Waals surface area contributed by atoms with E-state index in [4.69, 9.17) is 9.47 Å². The van der Waals surface area contributed by atoms with E-state index >= 15 is 0 Å². The number of benzene rings is 1. The maximum atomic E-state index is 12.9. The Bertz CT molecular complexity index is 1040. The molecular weight excluding hydrogens is 424 g/mol. The summed E-state index contributed by atoms with van der Waals surface area (Å²) in [5.41, 5.74) is 2.62. The number of amides is 1. The lowest BCUT2D eigenvalue weighted by Crippen LogP contribution is -2.31. The molecule has 0 radical (unpaired) electrons. The Kier molecular flexibility index (Phi) is 7.68. The molecule has 1 aliphatic rings. The second-order valence-electron chi connectivity index (χ2n) is 8.27. The van der Waals surface area contributed by atoms with Crippen molar-refractivity contribution in [2.24, 2.45) is 5.92 Å². The zero-order chi connectivity index (χ0) is 24.1. The zero-order valence-corrected chi connectivity index (χ0v) is 19.5. The van der Waals surface area contributed by atoms with Gasteiger partial charge in [0.15, 0.2) is 6.10 Å². The maximum absolute atomic E-state index is 12.9. The number of carbonyl (C=O) groups is 4. The summed E-state index contributed by atoms with van der Waals surface area (Å²) in [5, 5.41) is 0. The van der Waals surface area contributed by atoms with Crippen molar-refractivity contribution in [1.29, 1.82) is 0 Å². The van der Waals surface area contributed by atoms with E-state index in [1.54, 1.807) is 25.7 Å². The molecule has 2 aromatic rings. The molecule has 1 fully saturated rings. The van der Waals surface area contributed by atoms with Crippen LogP contribution < -0.4 is 0 Å². The maximum Gasteiger partial charge on any atom is 0.340 e. The molecule has 0 spiro atoms. The summed E-state index contributed by atoms with van der Waals surface area (Å²) in [7, 11) is 0. The number of hydrogen-bond donors (Lipinski definition) is 1. The lowest BCUT2D eigenvalue weighted by Gasteiger charge is -2.17. The molecule has 2 atom stereocenters. The number of aromatic nitrogens is 1. The summed E-state index contributed by atoms with van der Waals surface area (Å²) in [6, 6.07) is 9.83. The standard InChI is InChI=1S/C25H30N2O6/c1-5-32-25(31)21-15(2)22(26-16(21)3)23(29)17(4)33-24(30)19-13-20(28)27(14-19)12-11-18-9-7-6-8-10-18/h6-10,17,19,26H,5,11-14H2,1-4H3/t17-,19-/m1/s1. The van der Waals surface area contributed by atoms with Crippen LogP contribution in [0.1, 0.15) is 57.9 Å². The quantitative estimate of drug-likeness (QED) is 0.461. The summed E-state index contributed by atoms with van der Waals surface area (Å²) in [4.78, 5) is 54.7. The largest absolute Gasteiger partial charge is 0.462 e. The van der Waals surface area contributed by atoms with Crippen molar-refractivity contribution in [3.05, 3.63) is 58.4 Å². The molecular formula is C25H30N2O6. The van der Waals surface area contributed by atoms with Crippen LogP contribution in [0, 0.1) is 19.8 Å². The third-order valence-electron chi connectivity index (χ3n) is 5.89. The monoisotopic (exact) mass is 454 g/mol. The van der Waals surface area contributed by atoms with Crippen molar-refractivity contribution in [3.63, 3.8) is 0 Å². The molecule has 2 heterocycles. The molecule has 33 heavy (non-hydrogen) atoms. The third kappa shape index (κ3) is 5.50. The van der Waals surface area contributed by atoms with Gasteiger partial charge in [0.05, 0.1) is 23.8 Å². The van der Waals surface area contributed by atoms with Crippen molar-refractivity contribution >= 4 is 23.6 Å². The highest BCUT2D eigenvalue weighted by atomic mass is 16.5. The molecule has 1 aliphatic heterocycles. The first-order chi connectivity index (χ1) is 15.7. The first-order valence-electron chi connectivity index (χ1n) is 11.2. The molecule has 1 N–H and O–H groups in total. The van der Waals surface area contributed by atoms with Gasteiger partial charge in [-0.05, 0) is 45.2 Å². The van der Waals surface area contributed by atoms with Crippen LogP contribution in [0.15, 0.2) is 30.3 Å². The summed E-state index contributed by atoms with van der Waals surface area (Å²) in [6.07, 6.45) is -0.280. The van der Waals surface area contributed by atoms with Gasteiger partial charge in [-0.25, -0.2) is 4.79 Å². The first kappa shape index (κ1) is 24.2. The Morgan fingerprint density at radius 1 is 1.18 bits per heavy atom. The average Bonchev–Trinajstić information content (AvgIpc) is 3.31. The molecule has 1 saturated heterocycles. The first-order valence-corrected chi connectivity index (χ1v) is 11.2. The zero-order valence-electron chi connectivity index (χ0n) is 19.5. The fourth-order valence-electron chi connectivity index (χ4n) is 4.09. The van der Waals surface area contributed by atoms with Gasteiger partial charge >= 0.3 is 11.9 Å². The van der Waals surface area contributed by atoms with Gasteiger partial charge in [0.2, 0.25) is 11.7 Å². The van der Waals surface area contributed by atoms with E-state index in [0.717, 1.165) is 5.56 Å². The highest BCUT2D eigenvalue weighted by molar-refractivity contribution is 6.04. The van der Waals surface area contributed by atoms with Crippen LogP contribution in [-0.2, 0) is 25.5 Å². The van der Waals surface area contributed by atoms with E-state index < -0.39 is 29.7 Å². The van der Waals surface area contributed by atoms with Crippen LogP contribution in [0.25, 0.3) is 0 Å². The number of rotatable bonds is 9. The SMILES string of the molecule is CCOC(=O)c1c(C)[nH]c(C(=O)[C@@H](C)OC(=O)[C@@H]2CC(=O)N(CCc3ccccc3)C2)c1C. The topological polar surface area (TPSA) is 106 Å². The van der Waals surface area contributed by atoms with E-state index in [9.17, 15) is 19.2 Å². The molecule has 0 unspecified atom stereocenters. The fraction of sp³-hybridized carbons (Fsp3) is 0.440. The van der Waals surface area contributed by atoms with Crippen LogP contribution in [-0.4, -0.2) is 59.3 Å². The van der Waals surface area contributed by atoms with Crippen molar-refractivity contribution in [3.8, 4) is 0 Å². The molecule has 1 aromatic heterocycles. The molecule has 3 rings (SSSR count). The number of nitrogens with one attached hydrogen (secondary N) is 1. The summed E-state index contributed by atoms with van der Waals surface area (Å²) >= 11 is 0. The molecule has 0 bridgehead atoms. The predicted molar refractivity (Wildman–Crippen MR) is 121 cm³/mol. The van der Waals surface area contributed by atoms with Gasteiger partial charge < -0.3 is 19.4 Å². The molecule has 8 nitrogen and oxygen atoms in total. The molecule has 0 aliphatic carbocycles. The number of hydrogen-bond acceptors (Lipinski definition) is 6. The Labute approximate surface area is 193 Å². The number of nitrogens with zero attached hydrogens (tertiary/aromatic N) is 1. The van der Waals surface area contributed by atoms with E-state index in [2.05, 4.69) is 4.98 Å². The van der Waals surface area contributed by atoms with Crippen LogP contribution in [0.3, 0.4) is 0 Å². The Morgan fingerprint density at radius 3 is 2.55 bits per heavy atom. The molecule has 176 valence electrons. The van der Waals surface area contributed by atoms with Gasteiger partial charge in [-0.3, -0.25) is 14.4 Å². The normalized spacial score (nSPS) is 16.5. The Balaban J connectivity index is 1.59. The molecule has 1 aromatic carbocycles. The highest BCUT2D eigenvalue weighted by Gasteiger charge is 2.37. The smallest absolute Gasteiger partial charge is 0.340 e. The highest BCUT2D eigenvalue weighted by Crippen LogP contribution is 2.23. The van der Waals surface area contributed by atoms with Crippen LogP contribution >= 0.6 is 0 Å². The summed E-state index contributed by atoms with van der Waals surface area (Å²) in [6.45, 7) is 7.56. The van der Waals surface area contributed by atoms with Gasteiger partial charge in [-0.15, -0.1) is 0 Å². The van der Waals surface area contributed by atoms with Gasteiger partial charge in [-0.2, -0.15) is 0 Å². The number of esters is 2. The number of carbonyl (C=O) groups excluding carboxylic acids is 4. The minimum absolute atomic E-state index is 0.0716. The molecule has 1 amide bonds. The summed E-state index contributed by atoms with van der Waals surface area (Å²) in [5.74, 6) is -2.22. The minimum atomic E-state index is -1.06. The number of aryl methyl sites for hydroxylation is 1. The van der Waals surface area contributed by atoms with Crippen LogP contribution in [0.5, 0.6) is 0 Å². The summed E-state index contributed by atoms with van der Waals surface area (Å²) < 4.78 is 10.5. The second kappa shape index (κ2) is 10.5. The Morgan fingerprint density at radius 2 is 1.88 bits per heavy atom. The van der Waals surface area contributed by atoms with Crippen LogP contribution in [0.4, 0.5) is 0 Å². The molecule has 8 heteroatoms. The van der Waals surface area contributed by atoms with Gasteiger partial charge in [-0.1, -0.05) is 30.3 Å². The number of likely N-dealkylation sites (tertiary alicyclic amines) is 1. The number of ketones is 1. The average molecular weight is 455 g/mol. The third-order valence-corrected chi connectivity index (χ3v) is 5.89. The van der Waals surface area contributed by atoms with E-state index in [1.807, 2.05) is 30.3 Å². The predicted octanol–water partition coefficient (Wildman–Crippen LogP) is 3.01. The van der Waals surface area contributed by atoms with Gasteiger partial charge in [0.25, 0.3) is 0 Å². The lowest BCUT2D eigenvalue weighted by atomic mass is 10.1. The van der Waals surface area contributed by atoms with Crippen molar-refractivity contribution in [1.82, 2.24) is 9.88 Å². The number of aromatic amines is 1. The van der Waals surface area contributed by atoms with Gasteiger partial charge in [0, 0.05) is 25.2 Å². The van der Waals surface area contributed by atoms with Crippen LogP contribution in [0.2, 0.25) is 0 Å². The van der Waals surface area contributed by atoms with E-state index in [0.29, 0.717) is 29.8 Å². The number of ether oxygens (including phenoxy) is 2.